The van der Waals surface area contributed by atoms with Crippen LogP contribution in [0, 0.1) is 11.8 Å². The second kappa shape index (κ2) is 6.38. The fourth-order valence-electron chi connectivity index (χ4n) is 1.47. The Kier molecular flexibility index (Phi) is 6.30. The lowest BCUT2D eigenvalue weighted by Gasteiger charge is -2.23. The highest BCUT2D eigenvalue weighted by atomic mass is 19.1. The molecule has 3 heteroatoms. The zero-order valence-corrected chi connectivity index (χ0v) is 8.09. The molecule has 0 aliphatic heterocycles. The van der Waals surface area contributed by atoms with Crippen molar-refractivity contribution in [3.05, 3.63) is 0 Å². The summed E-state index contributed by atoms with van der Waals surface area (Å²) >= 11 is 0. The first-order valence-electron chi connectivity index (χ1n) is 4.67. The second-order valence-corrected chi connectivity index (χ2v) is 3.45. The summed E-state index contributed by atoms with van der Waals surface area (Å²) < 4.78 is 12.9. The monoisotopic (exact) mass is 176 g/mol. The van der Waals surface area contributed by atoms with Crippen molar-refractivity contribution in [1.29, 1.82) is 0 Å². The molecule has 2 atom stereocenters. The highest BCUT2D eigenvalue weighted by Crippen LogP contribution is 2.23. The minimum atomic E-state index is -0.756. The molecule has 74 valence electrons. The van der Waals surface area contributed by atoms with E-state index in [-0.39, 0.29) is 5.92 Å². The van der Waals surface area contributed by atoms with Crippen LogP contribution in [0.25, 0.3) is 0 Å². The van der Waals surface area contributed by atoms with Crippen LogP contribution < -0.4 is 11.5 Å². The molecule has 0 saturated carbocycles. The van der Waals surface area contributed by atoms with Gasteiger partial charge in [-0.15, -0.1) is 0 Å². The molecule has 0 fully saturated rings. The van der Waals surface area contributed by atoms with E-state index >= 15 is 0 Å². The smallest absolute Gasteiger partial charge is 0.100 e. The van der Waals surface area contributed by atoms with Crippen LogP contribution in [0.4, 0.5) is 4.39 Å². The number of alkyl halides is 1. The van der Waals surface area contributed by atoms with E-state index in [1.807, 2.05) is 6.92 Å². The molecule has 0 rings (SSSR count). The van der Waals surface area contributed by atoms with Crippen LogP contribution in [0.15, 0.2) is 0 Å². The van der Waals surface area contributed by atoms with E-state index in [1.165, 1.54) is 0 Å². The van der Waals surface area contributed by atoms with Gasteiger partial charge in [0.2, 0.25) is 0 Å². The first kappa shape index (κ1) is 11.8. The van der Waals surface area contributed by atoms with Crippen molar-refractivity contribution in [2.75, 3.05) is 13.1 Å². The van der Waals surface area contributed by atoms with Gasteiger partial charge in [-0.05, 0) is 44.7 Å². The topological polar surface area (TPSA) is 52.0 Å². The molecule has 2 nitrogen and oxygen atoms in total. The number of nitrogens with two attached hydrogens (primary N) is 2. The van der Waals surface area contributed by atoms with E-state index in [0.717, 1.165) is 12.8 Å². The summed E-state index contributed by atoms with van der Waals surface area (Å²) in [5, 5.41) is 0. The van der Waals surface area contributed by atoms with Crippen molar-refractivity contribution in [3.63, 3.8) is 0 Å². The Labute approximate surface area is 74.5 Å². The molecule has 0 saturated heterocycles. The number of hydrogen-bond donors (Lipinski definition) is 2. The summed E-state index contributed by atoms with van der Waals surface area (Å²) in [6.07, 6.45) is 1.01. The quantitative estimate of drug-likeness (QED) is 0.641. The fourth-order valence-corrected chi connectivity index (χ4v) is 1.47. The van der Waals surface area contributed by atoms with Crippen molar-refractivity contribution in [2.45, 2.75) is 32.9 Å². The van der Waals surface area contributed by atoms with Gasteiger partial charge < -0.3 is 11.5 Å². The summed E-state index contributed by atoms with van der Waals surface area (Å²) in [5.41, 5.74) is 10.9. The van der Waals surface area contributed by atoms with Crippen LogP contribution in [-0.2, 0) is 0 Å². The molecule has 0 heterocycles. The van der Waals surface area contributed by atoms with Crippen molar-refractivity contribution >= 4 is 0 Å². The first-order chi connectivity index (χ1) is 5.63. The molecule has 0 aromatic carbocycles. The molecule has 0 aromatic heterocycles. The number of hydrogen-bond acceptors (Lipinski definition) is 2. The molecule has 2 unspecified atom stereocenters. The van der Waals surface area contributed by atoms with Crippen LogP contribution in [0.5, 0.6) is 0 Å². The minimum Gasteiger partial charge on any atom is -0.330 e. The predicted octanol–water partition coefficient (Wildman–Crippen LogP) is 1.29. The molecular weight excluding hydrogens is 155 g/mol. The molecule has 4 N–H and O–H groups in total. The van der Waals surface area contributed by atoms with E-state index in [4.69, 9.17) is 11.5 Å². The van der Waals surface area contributed by atoms with Gasteiger partial charge in [0.25, 0.3) is 0 Å². The lowest BCUT2D eigenvalue weighted by molar-refractivity contribution is 0.183. The summed E-state index contributed by atoms with van der Waals surface area (Å²) in [4.78, 5) is 0. The summed E-state index contributed by atoms with van der Waals surface area (Å²) in [5.74, 6) is 0.428. The van der Waals surface area contributed by atoms with Crippen LogP contribution in [0.2, 0.25) is 0 Å². The molecule has 0 bridgehead atoms. The summed E-state index contributed by atoms with van der Waals surface area (Å²) in [6.45, 7) is 4.79. The minimum absolute atomic E-state index is 0.0806. The first-order valence-corrected chi connectivity index (χ1v) is 4.67. The molecular formula is C9H21FN2. The van der Waals surface area contributed by atoms with Crippen molar-refractivity contribution in [1.82, 2.24) is 0 Å². The predicted molar refractivity (Wildman–Crippen MR) is 50.6 cm³/mol. The van der Waals surface area contributed by atoms with Crippen molar-refractivity contribution in [2.24, 2.45) is 23.3 Å². The highest BCUT2D eigenvalue weighted by molar-refractivity contribution is 4.71. The Bertz CT molecular complexity index is 101. The standard InChI is InChI=1S/C9H21FN2/c1-7(8(2)10)9(3-5-11)4-6-12/h7-9H,3-6,11-12H2,1-2H3. The van der Waals surface area contributed by atoms with Gasteiger partial charge in [0.05, 0.1) is 0 Å². The summed E-state index contributed by atoms with van der Waals surface area (Å²) in [6, 6.07) is 0. The van der Waals surface area contributed by atoms with Gasteiger partial charge in [0.15, 0.2) is 0 Å². The largest absolute Gasteiger partial charge is 0.330 e. The normalized spacial score (nSPS) is 16.5. The Morgan fingerprint density at radius 2 is 1.50 bits per heavy atom. The van der Waals surface area contributed by atoms with Crippen molar-refractivity contribution < 1.29 is 4.39 Å². The molecule has 0 aliphatic carbocycles. The number of rotatable bonds is 6. The Hall–Kier alpha value is -0.150. The van der Waals surface area contributed by atoms with E-state index in [9.17, 15) is 4.39 Å². The van der Waals surface area contributed by atoms with Crippen molar-refractivity contribution in [3.8, 4) is 0 Å². The SMILES string of the molecule is CC(F)C(C)C(CCN)CCN. The van der Waals surface area contributed by atoms with Gasteiger partial charge in [0, 0.05) is 0 Å². The van der Waals surface area contributed by atoms with Gasteiger partial charge in [-0.25, -0.2) is 4.39 Å². The Balaban J connectivity index is 3.89. The lowest BCUT2D eigenvalue weighted by Crippen LogP contribution is -2.24. The molecule has 0 radical (unpaired) electrons. The third-order valence-corrected chi connectivity index (χ3v) is 2.54. The van der Waals surface area contributed by atoms with E-state index in [1.54, 1.807) is 6.92 Å². The van der Waals surface area contributed by atoms with Gasteiger partial charge in [-0.2, -0.15) is 0 Å². The highest BCUT2D eigenvalue weighted by Gasteiger charge is 2.20. The third-order valence-electron chi connectivity index (χ3n) is 2.54. The number of halogens is 1. The van der Waals surface area contributed by atoms with Crippen LogP contribution in [-0.4, -0.2) is 19.3 Å². The van der Waals surface area contributed by atoms with Gasteiger partial charge in [0.1, 0.15) is 6.17 Å². The molecule has 0 aromatic rings. The van der Waals surface area contributed by atoms with E-state index < -0.39 is 6.17 Å². The van der Waals surface area contributed by atoms with E-state index in [2.05, 4.69) is 0 Å². The van der Waals surface area contributed by atoms with Crippen LogP contribution in [0.3, 0.4) is 0 Å². The van der Waals surface area contributed by atoms with Crippen LogP contribution in [0.1, 0.15) is 26.7 Å². The maximum absolute atomic E-state index is 12.9. The fraction of sp³-hybridized carbons (Fsp3) is 1.00. The Morgan fingerprint density at radius 1 is 1.08 bits per heavy atom. The molecule has 0 amide bonds. The lowest BCUT2D eigenvalue weighted by atomic mass is 9.85. The molecule has 0 aliphatic rings. The van der Waals surface area contributed by atoms with Crippen LogP contribution >= 0.6 is 0 Å². The van der Waals surface area contributed by atoms with Gasteiger partial charge >= 0.3 is 0 Å². The maximum Gasteiger partial charge on any atom is 0.100 e. The molecule has 12 heavy (non-hydrogen) atoms. The summed E-state index contributed by atoms with van der Waals surface area (Å²) in [7, 11) is 0. The second-order valence-electron chi connectivity index (χ2n) is 3.45. The zero-order valence-electron chi connectivity index (χ0n) is 8.09. The maximum atomic E-state index is 12.9. The average Bonchev–Trinajstić information content (AvgIpc) is 2.03. The zero-order chi connectivity index (χ0) is 9.56. The van der Waals surface area contributed by atoms with E-state index in [0.29, 0.717) is 19.0 Å². The average molecular weight is 176 g/mol. The van der Waals surface area contributed by atoms with Gasteiger partial charge in [-0.3, -0.25) is 0 Å². The Morgan fingerprint density at radius 3 is 1.75 bits per heavy atom. The molecule has 0 spiro atoms. The third kappa shape index (κ3) is 4.02. The van der Waals surface area contributed by atoms with Gasteiger partial charge in [-0.1, -0.05) is 6.92 Å².